The topological polar surface area (TPSA) is 228 Å². The second-order valence-corrected chi connectivity index (χ2v) is 21.5. The van der Waals surface area contributed by atoms with Gasteiger partial charge in [0.25, 0.3) is 0 Å². The fourth-order valence-electron chi connectivity index (χ4n) is 10.1. The number of hydrogen-bond donors (Lipinski definition) is 9. The first kappa shape index (κ1) is 66.8. The lowest BCUT2D eigenvalue weighted by Crippen LogP contribution is -2.65. The molecule has 9 N–H and O–H groups in total. The minimum absolute atomic E-state index is 0.240. The molecule has 0 aromatic rings. The Morgan fingerprint density at radius 1 is 0.486 bits per heavy atom. The number of amides is 1. The van der Waals surface area contributed by atoms with E-state index in [2.05, 4.69) is 19.2 Å². The lowest BCUT2D eigenvalue weighted by Gasteiger charge is -2.46. The van der Waals surface area contributed by atoms with Crippen LogP contribution in [0.25, 0.3) is 0 Å². The predicted octanol–water partition coefficient (Wildman–Crippen LogP) is 9.89. The maximum atomic E-state index is 13.1. The van der Waals surface area contributed by atoms with Crippen LogP contribution < -0.4 is 5.32 Å². The third-order valence-electron chi connectivity index (χ3n) is 15.0. The van der Waals surface area contributed by atoms with E-state index in [1.165, 1.54) is 193 Å². The molecule has 0 spiro atoms. The molecule has 2 fully saturated rings. The molecule has 14 heteroatoms. The van der Waals surface area contributed by atoms with E-state index in [9.17, 15) is 45.6 Å². The Kier molecular flexibility index (Phi) is 41.6. The van der Waals surface area contributed by atoms with Gasteiger partial charge in [-0.15, -0.1) is 0 Å². The first-order valence-corrected chi connectivity index (χ1v) is 29.9. The van der Waals surface area contributed by atoms with E-state index in [1.807, 2.05) is 6.08 Å². The van der Waals surface area contributed by atoms with Crippen molar-refractivity contribution >= 4 is 5.91 Å². The maximum Gasteiger partial charge on any atom is 0.220 e. The molecule has 0 aliphatic carbocycles. The highest BCUT2D eigenvalue weighted by Crippen LogP contribution is 2.30. The van der Waals surface area contributed by atoms with Crippen molar-refractivity contribution in [1.29, 1.82) is 0 Å². The molecule has 0 aromatic carbocycles. The van der Waals surface area contributed by atoms with Crippen LogP contribution in [0.4, 0.5) is 0 Å². The SMILES string of the molecule is CCCCCCCCCCCCCCCCCCCCCCCCCCCCC/C=C/C(O)C(COC1OC(CO)C(OC2OC(CO)C(O)C(O)C2O)C(O)C1O)NC(=O)CCCCCCCCCCC. The van der Waals surface area contributed by atoms with Gasteiger partial charge in [-0.2, -0.15) is 0 Å². The van der Waals surface area contributed by atoms with Crippen molar-refractivity contribution in [2.45, 2.75) is 331 Å². The van der Waals surface area contributed by atoms with Crippen molar-refractivity contribution in [2.75, 3.05) is 19.8 Å². The molecule has 2 aliphatic rings. The van der Waals surface area contributed by atoms with Crippen LogP contribution in [-0.2, 0) is 23.7 Å². The number of carbonyl (C=O) groups is 1. The first-order valence-electron chi connectivity index (χ1n) is 29.9. The fourth-order valence-corrected chi connectivity index (χ4v) is 10.1. The van der Waals surface area contributed by atoms with Crippen LogP contribution in [0, 0.1) is 0 Å². The lowest BCUT2D eigenvalue weighted by atomic mass is 9.97. The minimum atomic E-state index is -1.78. The zero-order valence-electron chi connectivity index (χ0n) is 45.7. The third-order valence-corrected chi connectivity index (χ3v) is 15.0. The van der Waals surface area contributed by atoms with Crippen molar-refractivity contribution in [3.05, 3.63) is 12.2 Å². The van der Waals surface area contributed by atoms with Crippen LogP contribution in [0.3, 0.4) is 0 Å². The summed E-state index contributed by atoms with van der Waals surface area (Å²) < 4.78 is 22.7. The summed E-state index contributed by atoms with van der Waals surface area (Å²) in [5.74, 6) is -0.240. The van der Waals surface area contributed by atoms with Crippen molar-refractivity contribution in [1.82, 2.24) is 5.32 Å². The summed E-state index contributed by atoms with van der Waals surface area (Å²) in [7, 11) is 0. The molecule has 0 radical (unpaired) electrons. The average Bonchev–Trinajstić information content (AvgIpc) is 3.38. The minimum Gasteiger partial charge on any atom is -0.394 e. The summed E-state index contributed by atoms with van der Waals surface area (Å²) in [6.45, 7) is 2.79. The summed E-state index contributed by atoms with van der Waals surface area (Å²) in [6, 6.07) is -0.908. The number of ether oxygens (including phenoxy) is 4. The van der Waals surface area contributed by atoms with E-state index in [0.717, 1.165) is 38.5 Å². The molecule has 426 valence electrons. The smallest absolute Gasteiger partial charge is 0.220 e. The second-order valence-electron chi connectivity index (χ2n) is 21.5. The van der Waals surface area contributed by atoms with Crippen molar-refractivity contribution < 1.29 is 64.6 Å². The summed E-state index contributed by atoms with van der Waals surface area (Å²) in [4.78, 5) is 13.1. The Hall–Kier alpha value is -1.27. The Morgan fingerprint density at radius 2 is 0.861 bits per heavy atom. The summed E-state index contributed by atoms with van der Waals surface area (Å²) >= 11 is 0. The lowest BCUT2D eigenvalue weighted by molar-refractivity contribution is -0.359. The molecule has 0 saturated carbocycles. The van der Waals surface area contributed by atoms with E-state index in [1.54, 1.807) is 6.08 Å². The van der Waals surface area contributed by atoms with Crippen LogP contribution in [0.2, 0.25) is 0 Å². The number of nitrogens with one attached hydrogen (secondary N) is 1. The molecule has 2 rings (SSSR count). The van der Waals surface area contributed by atoms with Gasteiger partial charge in [0.05, 0.1) is 32.0 Å². The Bertz CT molecular complexity index is 1260. The summed E-state index contributed by atoms with van der Waals surface area (Å²) in [5.41, 5.74) is 0. The Morgan fingerprint density at radius 3 is 1.28 bits per heavy atom. The highest BCUT2D eigenvalue weighted by atomic mass is 16.7. The van der Waals surface area contributed by atoms with Crippen LogP contribution in [0.1, 0.15) is 258 Å². The highest BCUT2D eigenvalue weighted by molar-refractivity contribution is 5.76. The van der Waals surface area contributed by atoms with Gasteiger partial charge in [0.2, 0.25) is 5.91 Å². The molecule has 1 amide bonds. The number of allylic oxidation sites excluding steroid dienone is 1. The fraction of sp³-hybridized carbons (Fsp3) is 0.948. The molecular formula is C58H111NO13. The van der Waals surface area contributed by atoms with E-state index >= 15 is 0 Å². The van der Waals surface area contributed by atoms with Gasteiger partial charge in [-0.1, -0.05) is 244 Å². The largest absolute Gasteiger partial charge is 0.394 e. The molecule has 2 saturated heterocycles. The van der Waals surface area contributed by atoms with Gasteiger partial charge in [0, 0.05) is 6.42 Å². The number of unbranched alkanes of at least 4 members (excludes halogenated alkanes) is 35. The number of aliphatic hydroxyl groups excluding tert-OH is 8. The van der Waals surface area contributed by atoms with Crippen LogP contribution in [0.15, 0.2) is 12.2 Å². The summed E-state index contributed by atoms with van der Waals surface area (Å²) in [5, 5.41) is 86.8. The molecule has 0 aromatic heterocycles. The number of hydrogen-bond acceptors (Lipinski definition) is 13. The number of rotatable bonds is 48. The zero-order chi connectivity index (χ0) is 52.4. The van der Waals surface area contributed by atoms with Crippen LogP contribution >= 0.6 is 0 Å². The van der Waals surface area contributed by atoms with Gasteiger partial charge in [-0.3, -0.25) is 4.79 Å². The molecule has 2 aliphatic heterocycles. The molecule has 72 heavy (non-hydrogen) atoms. The molecule has 2 heterocycles. The Balaban J connectivity index is 1.66. The van der Waals surface area contributed by atoms with Crippen LogP contribution in [0.5, 0.6) is 0 Å². The van der Waals surface area contributed by atoms with Gasteiger partial charge in [-0.25, -0.2) is 0 Å². The zero-order valence-corrected chi connectivity index (χ0v) is 45.7. The predicted molar refractivity (Wildman–Crippen MR) is 286 cm³/mol. The molecule has 12 atom stereocenters. The quantitative estimate of drug-likeness (QED) is 0.0205. The van der Waals surface area contributed by atoms with E-state index in [4.69, 9.17) is 18.9 Å². The molecule has 14 nitrogen and oxygen atoms in total. The van der Waals surface area contributed by atoms with Crippen LogP contribution in [-0.4, -0.2) is 140 Å². The monoisotopic (exact) mass is 1030 g/mol. The van der Waals surface area contributed by atoms with Gasteiger partial charge in [0.1, 0.15) is 48.8 Å². The van der Waals surface area contributed by atoms with Crippen molar-refractivity contribution in [2.24, 2.45) is 0 Å². The van der Waals surface area contributed by atoms with Gasteiger partial charge >= 0.3 is 0 Å². The van der Waals surface area contributed by atoms with Gasteiger partial charge < -0.3 is 65.1 Å². The average molecular weight is 1030 g/mol. The van der Waals surface area contributed by atoms with Crippen molar-refractivity contribution in [3.63, 3.8) is 0 Å². The van der Waals surface area contributed by atoms with E-state index in [0.29, 0.717) is 6.42 Å². The normalized spacial score (nSPS) is 25.6. The standard InChI is InChI=1S/C58H111NO13/c1-3-5-7-9-11-13-14-15-16-17-18-19-20-21-22-23-24-25-26-27-28-29-30-31-32-34-35-37-39-41-47(62)46(59-50(63)42-40-38-36-33-12-10-8-6-4-2)45-69-57-55(68)53(66)56(49(44-61)71-57)72-58-54(67)52(65)51(64)48(43-60)70-58/h39,41,46-49,51-58,60-62,64-68H,3-38,40,42-45H2,1-2H3,(H,59,63)/b41-39+. The highest BCUT2D eigenvalue weighted by Gasteiger charge is 2.51. The molecular weight excluding hydrogens is 919 g/mol. The Labute approximate surface area is 437 Å². The number of aliphatic hydroxyl groups is 8. The number of carbonyl (C=O) groups excluding carboxylic acids is 1. The third kappa shape index (κ3) is 30.5. The molecule has 12 unspecified atom stereocenters. The van der Waals surface area contributed by atoms with Gasteiger partial charge in [0.15, 0.2) is 12.6 Å². The van der Waals surface area contributed by atoms with E-state index in [-0.39, 0.29) is 18.9 Å². The second kappa shape index (κ2) is 44.8. The summed E-state index contributed by atoms with van der Waals surface area (Å²) in [6.07, 6.45) is 34.3. The molecule has 0 bridgehead atoms. The first-order chi connectivity index (χ1) is 35.1. The maximum absolute atomic E-state index is 13.1. The van der Waals surface area contributed by atoms with Gasteiger partial charge in [-0.05, 0) is 19.3 Å². The van der Waals surface area contributed by atoms with Crippen molar-refractivity contribution in [3.8, 4) is 0 Å². The van der Waals surface area contributed by atoms with E-state index < -0.39 is 86.8 Å².